The molecule has 22 heavy (non-hydrogen) atoms. The van der Waals surface area contributed by atoms with Crippen molar-refractivity contribution in [3.8, 4) is 0 Å². The zero-order valence-corrected chi connectivity index (χ0v) is 13.9. The van der Waals surface area contributed by atoms with E-state index >= 15 is 0 Å². The van der Waals surface area contributed by atoms with Crippen LogP contribution in [0.4, 0.5) is 0 Å². The zero-order chi connectivity index (χ0) is 18.1. The smallest absolute Gasteiger partial charge is 0.303 e. The highest BCUT2D eigenvalue weighted by atomic mass is 16.4. The van der Waals surface area contributed by atoms with Crippen LogP contribution in [0.3, 0.4) is 0 Å². The molecule has 0 spiro atoms. The Bertz CT molecular complexity index is 159. The molecule has 0 aromatic rings. The van der Waals surface area contributed by atoms with E-state index in [1.807, 2.05) is 0 Å². The highest BCUT2D eigenvalue weighted by Crippen LogP contribution is 2.04. The summed E-state index contributed by atoms with van der Waals surface area (Å²) in [6.45, 7) is 3.57. The van der Waals surface area contributed by atoms with Gasteiger partial charge in [0.1, 0.15) is 0 Å². The molecule has 0 saturated heterocycles. The lowest BCUT2D eigenvalue weighted by atomic mass is 10.1. The Balaban J connectivity index is -0.000000112. The van der Waals surface area contributed by atoms with Gasteiger partial charge in [-0.25, -0.2) is 0 Å². The minimum atomic E-state index is -0.670. The van der Waals surface area contributed by atoms with Gasteiger partial charge in [-0.15, -0.1) is 0 Å². The number of aliphatic hydroxyl groups is 3. The second kappa shape index (κ2) is 36.9. The average molecular weight is 327 g/mol. The lowest BCUT2D eigenvalue weighted by Crippen LogP contribution is -2.02. The van der Waals surface area contributed by atoms with Crippen LogP contribution in [-0.4, -0.2) is 65.9 Å². The summed E-state index contributed by atoms with van der Waals surface area (Å²) >= 11 is 0. The largest absolute Gasteiger partial charge is 0.481 e. The number of carbonyl (C=O) groups is 1. The molecule has 0 bridgehead atoms. The van der Waals surface area contributed by atoms with E-state index in [9.17, 15) is 4.79 Å². The molecule has 0 aliphatic rings. The fourth-order valence-electron chi connectivity index (χ4n) is 0.880. The summed E-state index contributed by atoms with van der Waals surface area (Å²) in [6.07, 6.45) is 5.88. The normalized spacial score (nSPS) is 8.50. The van der Waals surface area contributed by atoms with Gasteiger partial charge in [0.15, 0.2) is 0 Å². The summed E-state index contributed by atoms with van der Waals surface area (Å²) in [5, 5.41) is 31.5. The molecule has 0 unspecified atom stereocenters. The van der Waals surface area contributed by atoms with Crippen molar-refractivity contribution in [2.45, 2.75) is 45.4 Å². The Morgan fingerprint density at radius 2 is 1.09 bits per heavy atom. The molecule has 0 fully saturated rings. The number of aliphatic carboxylic acids is 1. The Labute approximate surface area is 134 Å². The van der Waals surface area contributed by atoms with Gasteiger partial charge in [-0.3, -0.25) is 4.79 Å². The summed E-state index contributed by atoms with van der Waals surface area (Å²) in [5.41, 5.74) is 14.3. The summed E-state index contributed by atoms with van der Waals surface area (Å²) < 4.78 is 0. The molecule has 0 atom stereocenters. The van der Waals surface area contributed by atoms with Gasteiger partial charge in [0.25, 0.3) is 0 Å². The molecule has 8 heteroatoms. The third kappa shape index (κ3) is 75.0. The van der Waals surface area contributed by atoms with E-state index in [4.69, 9.17) is 37.6 Å². The highest BCUT2D eigenvalue weighted by molar-refractivity contribution is 5.66. The Morgan fingerprint density at radius 1 is 0.773 bits per heavy atom. The summed E-state index contributed by atoms with van der Waals surface area (Å²) in [5.74, 6) is -0.670. The molecule has 0 aliphatic carbocycles. The third-order valence-electron chi connectivity index (χ3n) is 1.88. The molecule has 0 amide bonds. The molecule has 10 N–H and O–H groups in total. The van der Waals surface area contributed by atoms with Crippen LogP contribution in [-0.2, 0) is 4.79 Å². The van der Waals surface area contributed by atoms with Crippen LogP contribution in [0.5, 0.6) is 0 Å². The standard InChI is InChI=1S/C8H16O2.3C2H7NO/c1-2-3-4-5-6-7-8(9)10;3*3-1-2-4/h2-7H2,1H3,(H,9,10);3*4H,1-3H2. The second-order valence-electron chi connectivity index (χ2n) is 4.09. The number of unbranched alkanes of at least 4 members (excludes halogenated alkanes) is 4. The summed E-state index contributed by atoms with van der Waals surface area (Å²) in [4.78, 5) is 10.0. The molecule has 0 heterocycles. The fraction of sp³-hybridized carbons (Fsp3) is 0.929. The maximum atomic E-state index is 10.0. The van der Waals surface area contributed by atoms with Crippen molar-refractivity contribution < 1.29 is 25.2 Å². The molecule has 138 valence electrons. The SMILES string of the molecule is CCCCCCCC(=O)O.NCCO.NCCO.NCCO. The highest BCUT2D eigenvalue weighted by Gasteiger charge is 1.94. The number of hydrogen-bond acceptors (Lipinski definition) is 7. The molecule has 0 aromatic heterocycles. The molecule has 0 radical (unpaired) electrons. The van der Waals surface area contributed by atoms with Crippen molar-refractivity contribution in [2.75, 3.05) is 39.5 Å². The van der Waals surface area contributed by atoms with Crippen molar-refractivity contribution in [1.82, 2.24) is 0 Å². The Kier molecular flexibility index (Phi) is 49.1. The van der Waals surface area contributed by atoms with E-state index in [1.54, 1.807) is 0 Å². The average Bonchev–Trinajstić information content (AvgIpc) is 2.55. The first-order chi connectivity index (χ1) is 10.5. The minimum Gasteiger partial charge on any atom is -0.481 e. The van der Waals surface area contributed by atoms with Crippen LogP contribution in [0.25, 0.3) is 0 Å². The Morgan fingerprint density at radius 3 is 1.32 bits per heavy atom. The molecule has 0 aromatic carbocycles. The number of hydrogen-bond donors (Lipinski definition) is 7. The molecule has 0 saturated carbocycles. The zero-order valence-electron chi connectivity index (χ0n) is 13.9. The van der Waals surface area contributed by atoms with Gasteiger partial charge in [0.2, 0.25) is 0 Å². The summed E-state index contributed by atoms with van der Waals surface area (Å²) in [6, 6.07) is 0. The van der Waals surface area contributed by atoms with E-state index in [1.165, 1.54) is 19.3 Å². The minimum absolute atomic E-state index is 0.0972. The molecular formula is C14H37N3O5. The van der Waals surface area contributed by atoms with Gasteiger partial charge < -0.3 is 37.6 Å². The number of carboxylic acids is 1. The maximum absolute atomic E-state index is 10.0. The molecule has 0 rings (SSSR count). The first kappa shape index (κ1) is 29.3. The van der Waals surface area contributed by atoms with Gasteiger partial charge >= 0.3 is 5.97 Å². The lowest BCUT2D eigenvalue weighted by Gasteiger charge is -1.95. The maximum Gasteiger partial charge on any atom is 0.303 e. The lowest BCUT2D eigenvalue weighted by molar-refractivity contribution is -0.137. The van der Waals surface area contributed by atoms with E-state index < -0.39 is 5.97 Å². The van der Waals surface area contributed by atoms with E-state index in [0.717, 1.165) is 12.8 Å². The topological polar surface area (TPSA) is 176 Å². The van der Waals surface area contributed by atoms with Crippen molar-refractivity contribution in [3.63, 3.8) is 0 Å². The van der Waals surface area contributed by atoms with E-state index in [-0.39, 0.29) is 19.8 Å². The molecule has 0 aliphatic heterocycles. The van der Waals surface area contributed by atoms with Crippen LogP contribution in [0.15, 0.2) is 0 Å². The quantitative estimate of drug-likeness (QED) is 0.270. The van der Waals surface area contributed by atoms with Crippen molar-refractivity contribution in [3.05, 3.63) is 0 Å². The first-order valence-electron chi connectivity index (χ1n) is 7.66. The van der Waals surface area contributed by atoms with Crippen molar-refractivity contribution in [2.24, 2.45) is 17.2 Å². The third-order valence-corrected chi connectivity index (χ3v) is 1.88. The number of nitrogens with two attached hydrogens (primary N) is 3. The van der Waals surface area contributed by atoms with E-state index in [2.05, 4.69) is 6.92 Å². The second-order valence-corrected chi connectivity index (χ2v) is 4.09. The van der Waals surface area contributed by atoms with Crippen LogP contribution in [0.2, 0.25) is 0 Å². The molecule has 8 nitrogen and oxygen atoms in total. The predicted molar refractivity (Wildman–Crippen MR) is 89.4 cm³/mol. The monoisotopic (exact) mass is 327 g/mol. The van der Waals surface area contributed by atoms with Gasteiger partial charge in [0.05, 0.1) is 19.8 Å². The van der Waals surface area contributed by atoms with Crippen molar-refractivity contribution in [1.29, 1.82) is 0 Å². The summed E-state index contributed by atoms with van der Waals surface area (Å²) in [7, 11) is 0. The Hall–Kier alpha value is -0.770. The van der Waals surface area contributed by atoms with Crippen LogP contribution in [0, 0.1) is 0 Å². The van der Waals surface area contributed by atoms with Gasteiger partial charge in [-0.1, -0.05) is 32.6 Å². The predicted octanol–water partition coefficient (Wildman–Crippen LogP) is -0.756. The van der Waals surface area contributed by atoms with Crippen LogP contribution in [0.1, 0.15) is 45.4 Å². The van der Waals surface area contributed by atoms with Gasteiger partial charge in [-0.05, 0) is 6.42 Å². The number of carboxylic acid groups (broad SMARTS) is 1. The number of aliphatic hydroxyl groups excluding tert-OH is 3. The molecular weight excluding hydrogens is 290 g/mol. The van der Waals surface area contributed by atoms with E-state index in [0.29, 0.717) is 26.1 Å². The van der Waals surface area contributed by atoms with Gasteiger partial charge in [-0.2, -0.15) is 0 Å². The fourth-order valence-corrected chi connectivity index (χ4v) is 0.880. The van der Waals surface area contributed by atoms with Crippen LogP contribution >= 0.6 is 0 Å². The first-order valence-corrected chi connectivity index (χ1v) is 7.66. The van der Waals surface area contributed by atoms with Crippen molar-refractivity contribution >= 4 is 5.97 Å². The van der Waals surface area contributed by atoms with Crippen LogP contribution < -0.4 is 17.2 Å². The number of rotatable bonds is 9. The van der Waals surface area contributed by atoms with Gasteiger partial charge in [0, 0.05) is 26.1 Å².